The Hall–Kier alpha value is -5.80. The molecule has 1 amide bonds. The zero-order valence-electron chi connectivity index (χ0n) is 43.1. The van der Waals surface area contributed by atoms with Gasteiger partial charge in [0.2, 0.25) is 0 Å². The highest BCUT2D eigenvalue weighted by atomic mass is 31.2. The SMILES string of the molecule is COc1ccc(C(OC[C@H]2O[C@@H](n3cnc4c(NC(=O)COc5ccccc5)ncnc43)C(O[Si](C)(C)C(C)(C)C)[C@H]2OP(OCCC#N)N(C(C)C)C(C)C)(c2ccccc2)c2ccc(OC)cc2)cc1. The van der Waals surface area contributed by atoms with E-state index in [-0.39, 0.29) is 49.2 Å². The molecule has 4 aromatic carbocycles. The predicted molar refractivity (Wildman–Crippen MR) is 280 cm³/mol. The second kappa shape index (κ2) is 23.8. The first-order chi connectivity index (χ1) is 34.5. The summed E-state index contributed by atoms with van der Waals surface area (Å²) in [5.74, 6) is 1.74. The number of methoxy groups -OCH3 is 2. The van der Waals surface area contributed by atoms with Crippen LogP contribution in [-0.2, 0) is 33.3 Å². The van der Waals surface area contributed by atoms with Gasteiger partial charge in [0.1, 0.15) is 47.5 Å². The van der Waals surface area contributed by atoms with Gasteiger partial charge < -0.3 is 42.5 Å². The molecule has 16 nitrogen and oxygen atoms in total. The number of nitriles is 1. The van der Waals surface area contributed by atoms with Gasteiger partial charge in [0.25, 0.3) is 14.4 Å². The number of fused-ring (bicyclic) bond motifs is 1. The fraction of sp³-hybridized carbons (Fsp3) is 0.426. The number of hydrogen-bond acceptors (Lipinski definition) is 14. The first-order valence-corrected chi connectivity index (χ1v) is 28.3. The number of anilines is 1. The first kappa shape index (κ1) is 54.0. The monoisotopic (exact) mass is 1020 g/mol. The minimum atomic E-state index is -2.67. The zero-order valence-corrected chi connectivity index (χ0v) is 45.0. The first-order valence-electron chi connectivity index (χ1n) is 24.2. The zero-order chi connectivity index (χ0) is 51.6. The molecule has 5 atom stereocenters. The van der Waals surface area contributed by atoms with Crippen molar-refractivity contribution in [2.75, 3.05) is 39.4 Å². The molecule has 0 radical (unpaired) electrons. The Labute approximate surface area is 426 Å². The molecule has 0 saturated carbocycles. The summed E-state index contributed by atoms with van der Waals surface area (Å²) < 4.78 is 57.5. The highest BCUT2D eigenvalue weighted by Gasteiger charge is 2.54. The molecule has 0 aliphatic carbocycles. The van der Waals surface area contributed by atoms with Crippen molar-refractivity contribution >= 4 is 39.7 Å². The number of benzene rings is 4. The number of rotatable bonds is 23. The van der Waals surface area contributed by atoms with Crippen molar-refractivity contribution in [1.82, 2.24) is 24.2 Å². The summed E-state index contributed by atoms with van der Waals surface area (Å²) in [5, 5.41) is 12.3. The summed E-state index contributed by atoms with van der Waals surface area (Å²) in [6, 6.07) is 37.2. The molecular weight excluding hydrogens is 950 g/mol. The number of imidazole rings is 1. The Morgan fingerprint density at radius 2 is 1.40 bits per heavy atom. The highest BCUT2D eigenvalue weighted by Crippen LogP contribution is 2.53. The lowest BCUT2D eigenvalue weighted by Gasteiger charge is -2.42. The number of para-hydroxylation sites is 1. The topological polar surface area (TPSA) is 174 Å². The largest absolute Gasteiger partial charge is 0.497 e. The maximum absolute atomic E-state index is 13.3. The van der Waals surface area contributed by atoms with E-state index in [1.54, 1.807) is 32.7 Å². The third-order valence-electron chi connectivity index (χ3n) is 13.0. The Morgan fingerprint density at radius 3 is 1.96 bits per heavy atom. The number of aromatic nitrogens is 4. The van der Waals surface area contributed by atoms with Gasteiger partial charge in [-0.25, -0.2) is 19.6 Å². The van der Waals surface area contributed by atoms with E-state index < -0.39 is 52.9 Å². The van der Waals surface area contributed by atoms with Crippen LogP contribution in [0.1, 0.15) is 77.8 Å². The smallest absolute Gasteiger partial charge is 0.263 e. The maximum atomic E-state index is 13.3. The van der Waals surface area contributed by atoms with Crippen LogP contribution < -0.4 is 19.5 Å². The lowest BCUT2D eigenvalue weighted by atomic mass is 9.80. The number of carbonyl (C=O) groups excluding carboxylic acids is 1. The van der Waals surface area contributed by atoms with E-state index in [0.717, 1.165) is 16.7 Å². The van der Waals surface area contributed by atoms with E-state index in [1.165, 1.54) is 6.33 Å². The van der Waals surface area contributed by atoms with Crippen LogP contribution in [0, 0.1) is 11.3 Å². The van der Waals surface area contributed by atoms with Gasteiger partial charge in [0.05, 0.1) is 46.3 Å². The molecule has 1 fully saturated rings. The van der Waals surface area contributed by atoms with Crippen LogP contribution in [0.25, 0.3) is 11.2 Å². The number of nitrogens with one attached hydrogen (secondary N) is 1. The molecule has 1 N–H and O–H groups in total. The molecule has 1 aliphatic heterocycles. The molecule has 7 rings (SSSR count). The third kappa shape index (κ3) is 12.2. The summed E-state index contributed by atoms with van der Waals surface area (Å²) in [6.07, 6.45) is -0.138. The van der Waals surface area contributed by atoms with Gasteiger partial charge in [-0.3, -0.25) is 9.36 Å². The quantitative estimate of drug-likeness (QED) is 0.0278. The molecule has 382 valence electrons. The average molecular weight is 1020 g/mol. The summed E-state index contributed by atoms with van der Waals surface area (Å²) in [6.45, 7) is 19.2. The Kier molecular flexibility index (Phi) is 17.9. The molecule has 18 heteroatoms. The highest BCUT2D eigenvalue weighted by molar-refractivity contribution is 7.44. The van der Waals surface area contributed by atoms with Gasteiger partial charge in [-0.15, -0.1) is 0 Å². The lowest BCUT2D eigenvalue weighted by Crippen LogP contribution is -2.50. The molecule has 3 heterocycles. The summed E-state index contributed by atoms with van der Waals surface area (Å²) in [5.41, 5.74) is 2.09. The second-order valence-corrected chi connectivity index (χ2v) is 25.7. The number of nitrogens with zero attached hydrogens (tertiary/aromatic N) is 6. The van der Waals surface area contributed by atoms with Crippen LogP contribution in [0.15, 0.2) is 122 Å². The van der Waals surface area contributed by atoms with Gasteiger partial charge >= 0.3 is 0 Å². The number of ether oxygens (including phenoxy) is 5. The summed E-state index contributed by atoms with van der Waals surface area (Å²) in [7, 11) is -1.22. The van der Waals surface area contributed by atoms with Crippen LogP contribution in [0.5, 0.6) is 17.2 Å². The molecule has 6 aromatic rings. The van der Waals surface area contributed by atoms with Crippen LogP contribution in [0.4, 0.5) is 5.82 Å². The fourth-order valence-corrected chi connectivity index (χ4v) is 11.5. The van der Waals surface area contributed by atoms with E-state index >= 15 is 0 Å². The summed E-state index contributed by atoms with van der Waals surface area (Å²) >= 11 is 0. The average Bonchev–Trinajstić information content (AvgIpc) is 3.95. The van der Waals surface area contributed by atoms with E-state index in [2.05, 4.69) is 94.7 Å². The standard InChI is InChI=1S/C54H68N7O9PSi/c1-37(2)61(38(3)4)71(67-32-18-31-55)69-48-45(33-66-54(39-19-14-12-15-20-39,40-23-27-42(63-8)28-24-40)41-25-29-43(64-9)30-26-41)68-52(49(48)70-72(10,11)53(5,6)7)60-36-58-47-50(56-35-57-51(47)60)59-46(62)34-65-44-21-16-13-17-22-44/h12-17,19-30,35-38,45,48-49,52H,18,32-34H2,1-11H3,(H,56,57,59,62)/t45-,48+,49?,52-,71?/m1/s1. The van der Waals surface area contributed by atoms with Crippen molar-refractivity contribution in [2.24, 2.45) is 0 Å². The van der Waals surface area contributed by atoms with Crippen molar-refractivity contribution in [2.45, 2.75) is 115 Å². The van der Waals surface area contributed by atoms with Crippen molar-refractivity contribution in [3.05, 3.63) is 139 Å². The number of carbonyl (C=O) groups is 1. The number of amides is 1. The molecule has 1 aliphatic rings. The van der Waals surface area contributed by atoms with Gasteiger partial charge in [-0.1, -0.05) is 93.6 Å². The maximum Gasteiger partial charge on any atom is 0.263 e. The predicted octanol–water partition coefficient (Wildman–Crippen LogP) is 10.8. The molecule has 2 aromatic heterocycles. The third-order valence-corrected chi connectivity index (χ3v) is 19.6. The minimum Gasteiger partial charge on any atom is -0.497 e. The Morgan fingerprint density at radius 1 is 0.819 bits per heavy atom. The van der Waals surface area contributed by atoms with Crippen LogP contribution in [0.3, 0.4) is 0 Å². The van der Waals surface area contributed by atoms with E-state index in [1.807, 2.05) is 89.5 Å². The molecule has 1 saturated heterocycles. The van der Waals surface area contributed by atoms with Crippen molar-refractivity contribution in [3.8, 4) is 23.3 Å². The van der Waals surface area contributed by atoms with Crippen LogP contribution >= 0.6 is 8.53 Å². The van der Waals surface area contributed by atoms with Crippen LogP contribution in [0.2, 0.25) is 18.1 Å². The van der Waals surface area contributed by atoms with E-state index in [9.17, 15) is 10.1 Å². The van der Waals surface area contributed by atoms with Crippen molar-refractivity contribution in [1.29, 1.82) is 5.26 Å². The van der Waals surface area contributed by atoms with Crippen LogP contribution in [-0.4, -0.2) is 103 Å². The summed E-state index contributed by atoms with van der Waals surface area (Å²) in [4.78, 5) is 27.3. The van der Waals surface area contributed by atoms with Gasteiger partial charge in [-0.05, 0) is 98.9 Å². The van der Waals surface area contributed by atoms with Gasteiger partial charge in [0.15, 0.2) is 38.1 Å². The van der Waals surface area contributed by atoms with Gasteiger partial charge in [-0.2, -0.15) is 5.26 Å². The van der Waals surface area contributed by atoms with Crippen molar-refractivity contribution in [3.63, 3.8) is 0 Å². The Bertz CT molecular complexity index is 2660. The van der Waals surface area contributed by atoms with Crippen molar-refractivity contribution < 1.29 is 42.0 Å². The molecule has 2 unspecified atom stereocenters. The molecule has 0 bridgehead atoms. The minimum absolute atomic E-state index is 0.00247. The molecule has 0 spiro atoms. The molecule has 72 heavy (non-hydrogen) atoms. The van der Waals surface area contributed by atoms with E-state index in [0.29, 0.717) is 28.4 Å². The van der Waals surface area contributed by atoms with Gasteiger partial charge in [0, 0.05) is 12.1 Å². The normalized spacial score (nSPS) is 17.8. The number of hydrogen-bond donors (Lipinski definition) is 1. The second-order valence-electron chi connectivity index (χ2n) is 19.5. The fourth-order valence-electron chi connectivity index (χ4n) is 8.48. The van der Waals surface area contributed by atoms with E-state index in [4.69, 9.17) is 47.1 Å². The lowest BCUT2D eigenvalue weighted by molar-refractivity contribution is -0.118. The Balaban J connectivity index is 1.38. The molecular formula is C54H68N7O9PSi.